The van der Waals surface area contributed by atoms with E-state index < -0.39 is 5.54 Å². The van der Waals surface area contributed by atoms with Crippen LogP contribution in [0.5, 0.6) is 0 Å². The summed E-state index contributed by atoms with van der Waals surface area (Å²) in [4.78, 5) is 15.3. The average molecular weight is 362 g/mol. The van der Waals surface area contributed by atoms with Crippen LogP contribution in [-0.4, -0.2) is 14.8 Å². The zero-order chi connectivity index (χ0) is 18.9. The zero-order valence-electron chi connectivity index (χ0n) is 15.0. The van der Waals surface area contributed by atoms with Gasteiger partial charge in [-0.25, -0.2) is 4.68 Å². The molecule has 0 unspecified atom stereocenters. The second kappa shape index (κ2) is 6.89. The molecule has 1 aliphatic rings. The predicted octanol–water partition coefficient (Wildman–Crippen LogP) is 3.11. The van der Waals surface area contributed by atoms with Gasteiger partial charge in [0.15, 0.2) is 5.82 Å². The number of aromatic nitrogens is 3. The Morgan fingerprint density at radius 2 is 2.11 bits per heavy atom. The summed E-state index contributed by atoms with van der Waals surface area (Å²) in [5.74, 6) is 0.459. The summed E-state index contributed by atoms with van der Waals surface area (Å²) in [7, 11) is 0. The highest BCUT2D eigenvalue weighted by molar-refractivity contribution is 5.91. The van der Waals surface area contributed by atoms with Crippen LogP contribution in [-0.2, 0) is 12.1 Å². The Balaban J connectivity index is 1.86. The molecule has 1 fully saturated rings. The van der Waals surface area contributed by atoms with Gasteiger partial charge < -0.3 is 16.0 Å². The highest BCUT2D eigenvalue weighted by atomic mass is 16.1. The van der Waals surface area contributed by atoms with Crippen molar-refractivity contribution in [2.45, 2.75) is 44.2 Å². The molecule has 0 bridgehead atoms. The van der Waals surface area contributed by atoms with E-state index in [0.29, 0.717) is 23.3 Å². The fraction of sp³-hybridized carbons (Fsp3) is 0.350. The van der Waals surface area contributed by atoms with E-state index in [1.807, 2.05) is 30.3 Å². The Labute approximate surface area is 156 Å². The normalized spacial score (nSPS) is 16.1. The summed E-state index contributed by atoms with van der Waals surface area (Å²) in [6.07, 6.45) is 6.19. The van der Waals surface area contributed by atoms with E-state index in [9.17, 15) is 10.1 Å². The van der Waals surface area contributed by atoms with Crippen LogP contribution < -0.4 is 16.6 Å². The molecule has 0 amide bonds. The molecule has 2 aromatic heterocycles. The van der Waals surface area contributed by atoms with Crippen LogP contribution in [0.1, 0.15) is 37.7 Å². The van der Waals surface area contributed by atoms with Crippen LogP contribution in [0.15, 0.2) is 41.3 Å². The number of rotatable bonds is 4. The van der Waals surface area contributed by atoms with Crippen LogP contribution in [0.4, 0.5) is 11.5 Å². The van der Waals surface area contributed by atoms with E-state index in [4.69, 9.17) is 10.8 Å². The van der Waals surface area contributed by atoms with Crippen LogP contribution >= 0.6 is 0 Å². The number of hydrogen-bond donors (Lipinski definition) is 3. The molecule has 0 saturated heterocycles. The maximum atomic E-state index is 12.5. The second-order valence-corrected chi connectivity index (χ2v) is 7.06. The Bertz CT molecular complexity index is 1070. The number of nitrogens with zero attached hydrogens (tertiary/aromatic N) is 3. The average Bonchev–Trinajstić information content (AvgIpc) is 3.09. The largest absolute Gasteiger partial charge is 0.338 e. The molecule has 138 valence electrons. The van der Waals surface area contributed by atoms with Crippen LogP contribution in [0.3, 0.4) is 0 Å². The summed E-state index contributed by atoms with van der Waals surface area (Å²) in [6, 6.07) is 12.0. The van der Waals surface area contributed by atoms with Gasteiger partial charge in [-0.2, -0.15) is 10.4 Å². The number of nitrogens with two attached hydrogens (primary N) is 1. The Hall–Kier alpha value is -3.11. The summed E-state index contributed by atoms with van der Waals surface area (Å²) in [5.41, 5.74) is 7.27. The maximum Gasteiger partial charge on any atom is 0.261 e. The summed E-state index contributed by atoms with van der Waals surface area (Å²) in [6.45, 7) is 0.433. The predicted molar refractivity (Wildman–Crippen MR) is 105 cm³/mol. The third kappa shape index (κ3) is 2.98. The minimum absolute atomic E-state index is 0.222. The molecule has 27 heavy (non-hydrogen) atoms. The SMILES string of the molecule is N#CC1(n2nc(Nc3cccc(CN)c3)c3c(=O)[nH]ccc32)CCCCC1. The Morgan fingerprint density at radius 1 is 1.30 bits per heavy atom. The molecule has 7 nitrogen and oxygen atoms in total. The van der Waals surface area contributed by atoms with Gasteiger partial charge in [0.1, 0.15) is 10.9 Å². The van der Waals surface area contributed by atoms with E-state index in [2.05, 4.69) is 16.4 Å². The number of benzene rings is 1. The first-order valence-electron chi connectivity index (χ1n) is 9.25. The first kappa shape index (κ1) is 17.3. The maximum absolute atomic E-state index is 12.5. The van der Waals surface area contributed by atoms with E-state index in [1.165, 1.54) is 0 Å². The molecule has 1 saturated carbocycles. The minimum Gasteiger partial charge on any atom is -0.338 e. The molecule has 1 aliphatic carbocycles. The van der Waals surface area contributed by atoms with Crippen molar-refractivity contribution >= 4 is 22.4 Å². The number of nitriles is 1. The first-order chi connectivity index (χ1) is 13.2. The number of anilines is 2. The van der Waals surface area contributed by atoms with Crippen molar-refractivity contribution in [1.82, 2.24) is 14.8 Å². The van der Waals surface area contributed by atoms with Gasteiger partial charge in [0.05, 0.1) is 11.6 Å². The third-order valence-electron chi connectivity index (χ3n) is 5.32. The molecule has 1 aromatic carbocycles. The molecule has 4 rings (SSSR count). The highest BCUT2D eigenvalue weighted by Gasteiger charge is 2.37. The van der Waals surface area contributed by atoms with Crippen molar-refractivity contribution in [3.63, 3.8) is 0 Å². The fourth-order valence-electron chi connectivity index (χ4n) is 3.91. The molecule has 2 heterocycles. The Kier molecular flexibility index (Phi) is 4.42. The summed E-state index contributed by atoms with van der Waals surface area (Å²) < 4.78 is 1.76. The lowest BCUT2D eigenvalue weighted by Gasteiger charge is -2.31. The number of nitrogens with one attached hydrogen (secondary N) is 2. The van der Waals surface area contributed by atoms with E-state index >= 15 is 0 Å². The van der Waals surface area contributed by atoms with E-state index in [-0.39, 0.29) is 5.56 Å². The van der Waals surface area contributed by atoms with Gasteiger partial charge in [0.25, 0.3) is 5.56 Å². The van der Waals surface area contributed by atoms with Crippen molar-refractivity contribution < 1.29 is 0 Å². The summed E-state index contributed by atoms with van der Waals surface area (Å²) >= 11 is 0. The van der Waals surface area contributed by atoms with Gasteiger partial charge in [-0.3, -0.25) is 4.79 Å². The van der Waals surface area contributed by atoms with Gasteiger partial charge >= 0.3 is 0 Å². The van der Waals surface area contributed by atoms with Gasteiger partial charge in [0.2, 0.25) is 0 Å². The molecule has 0 spiro atoms. The lowest BCUT2D eigenvalue weighted by molar-refractivity contribution is 0.252. The molecule has 0 atom stereocenters. The first-order valence-corrected chi connectivity index (χ1v) is 9.25. The van der Waals surface area contributed by atoms with Crippen LogP contribution in [0.25, 0.3) is 10.9 Å². The van der Waals surface area contributed by atoms with Crippen molar-refractivity contribution in [1.29, 1.82) is 5.26 Å². The number of aromatic amines is 1. The van der Waals surface area contributed by atoms with Crippen molar-refractivity contribution in [2.75, 3.05) is 5.32 Å². The molecule has 3 aromatic rings. The Morgan fingerprint density at radius 3 is 2.85 bits per heavy atom. The molecular formula is C20H22N6O. The summed E-state index contributed by atoms with van der Waals surface area (Å²) in [5, 5.41) is 18.4. The highest BCUT2D eigenvalue weighted by Crippen LogP contribution is 2.37. The molecule has 7 heteroatoms. The molecule has 4 N–H and O–H groups in total. The van der Waals surface area contributed by atoms with Crippen LogP contribution in [0.2, 0.25) is 0 Å². The van der Waals surface area contributed by atoms with E-state index in [0.717, 1.165) is 43.4 Å². The smallest absolute Gasteiger partial charge is 0.261 e. The lowest BCUT2D eigenvalue weighted by Crippen LogP contribution is -2.35. The number of fused-ring (bicyclic) bond motifs is 1. The van der Waals surface area contributed by atoms with Gasteiger partial charge in [-0.15, -0.1) is 0 Å². The minimum atomic E-state index is -0.705. The van der Waals surface area contributed by atoms with Gasteiger partial charge in [-0.05, 0) is 49.4 Å². The standard InChI is InChI=1S/C20H22N6O/c21-12-14-5-4-6-15(11-14)24-18-17-16(7-10-23-19(17)27)26(25-18)20(13-22)8-2-1-3-9-20/h4-7,10-11H,1-3,8-9,12,21H2,(H,23,27)(H,24,25). The zero-order valence-corrected chi connectivity index (χ0v) is 15.0. The third-order valence-corrected chi connectivity index (χ3v) is 5.32. The van der Waals surface area contributed by atoms with Crippen molar-refractivity contribution in [3.05, 3.63) is 52.4 Å². The second-order valence-electron chi connectivity index (χ2n) is 7.06. The molecule has 0 aliphatic heterocycles. The van der Waals surface area contributed by atoms with Gasteiger partial charge in [-0.1, -0.05) is 18.6 Å². The fourth-order valence-corrected chi connectivity index (χ4v) is 3.91. The van der Waals surface area contributed by atoms with E-state index in [1.54, 1.807) is 10.9 Å². The molecule has 0 radical (unpaired) electrons. The topological polar surface area (TPSA) is 113 Å². The lowest BCUT2D eigenvalue weighted by atomic mass is 9.83. The van der Waals surface area contributed by atoms with Crippen molar-refractivity contribution in [3.8, 4) is 6.07 Å². The monoisotopic (exact) mass is 362 g/mol. The number of pyridine rings is 1. The van der Waals surface area contributed by atoms with Gasteiger partial charge in [0, 0.05) is 18.4 Å². The molecular weight excluding hydrogens is 340 g/mol. The van der Waals surface area contributed by atoms with Crippen LogP contribution in [0, 0.1) is 11.3 Å². The van der Waals surface area contributed by atoms with Crippen molar-refractivity contribution in [2.24, 2.45) is 5.73 Å². The quantitative estimate of drug-likeness (QED) is 0.660. The number of hydrogen-bond acceptors (Lipinski definition) is 5. The number of H-pyrrole nitrogens is 1.